The minimum atomic E-state index is 0.161. The highest BCUT2D eigenvalue weighted by molar-refractivity contribution is 7.23. The largest absolute Gasteiger partial charge is 0.494 e. The molecule has 0 amide bonds. The van der Waals surface area contributed by atoms with Crippen molar-refractivity contribution >= 4 is 39.7 Å². The Morgan fingerprint density at radius 3 is 1.43 bits per heavy atom. The molecule has 0 bridgehead atoms. The molecule has 6 rings (SSSR count). The third-order valence-corrected chi connectivity index (χ3v) is 13.9. The standard InChI is InChI=1S/C51H67NO2S2/c1-5-9-13-17-34-51(35-18-14-10-6-2)46-33-38-55-49(46)50-47(51)39-48(56-50)40-21-23-41(24-22-40)52(42-25-29-44(30-26-42)53-36-19-15-11-7-3)43-27-31-45(32-28-43)54-37-20-16-12-8-4/h21-33,38-39H,5-20,34-37H2,1-4H3. The van der Waals surface area contributed by atoms with Crippen LogP contribution in [0.1, 0.15) is 154 Å². The molecule has 0 atom stereocenters. The monoisotopic (exact) mass is 789 g/mol. The Kier molecular flexibility index (Phi) is 16.4. The fraction of sp³-hybridized carbons (Fsp3) is 0.490. The Morgan fingerprint density at radius 1 is 0.482 bits per heavy atom. The third kappa shape index (κ3) is 10.5. The topological polar surface area (TPSA) is 21.7 Å². The van der Waals surface area contributed by atoms with Gasteiger partial charge < -0.3 is 14.4 Å². The number of anilines is 3. The molecule has 2 aromatic heterocycles. The van der Waals surface area contributed by atoms with E-state index in [2.05, 4.69) is 123 Å². The lowest BCUT2D eigenvalue weighted by Crippen LogP contribution is -2.24. The van der Waals surface area contributed by atoms with E-state index in [1.165, 1.54) is 123 Å². The summed E-state index contributed by atoms with van der Waals surface area (Å²) >= 11 is 3.97. The molecular weight excluding hydrogens is 723 g/mol. The van der Waals surface area contributed by atoms with E-state index in [-0.39, 0.29) is 5.41 Å². The maximum Gasteiger partial charge on any atom is 0.119 e. The van der Waals surface area contributed by atoms with Crippen LogP contribution in [0.3, 0.4) is 0 Å². The summed E-state index contributed by atoms with van der Waals surface area (Å²) in [6.45, 7) is 10.7. The van der Waals surface area contributed by atoms with Crippen LogP contribution in [0.25, 0.3) is 20.2 Å². The molecule has 0 radical (unpaired) electrons. The predicted molar refractivity (Wildman–Crippen MR) is 245 cm³/mol. The first-order valence-corrected chi connectivity index (χ1v) is 23.9. The van der Waals surface area contributed by atoms with E-state index in [0.29, 0.717) is 0 Å². The molecule has 0 saturated carbocycles. The summed E-state index contributed by atoms with van der Waals surface area (Å²) < 4.78 is 12.3. The van der Waals surface area contributed by atoms with Gasteiger partial charge in [-0.05, 0) is 121 Å². The summed E-state index contributed by atoms with van der Waals surface area (Å²) in [4.78, 5) is 6.80. The highest BCUT2D eigenvalue weighted by Gasteiger charge is 2.44. The molecule has 0 unspecified atom stereocenters. The van der Waals surface area contributed by atoms with Crippen molar-refractivity contribution < 1.29 is 9.47 Å². The molecule has 1 aliphatic rings. The summed E-state index contributed by atoms with van der Waals surface area (Å²) in [5.74, 6) is 1.86. The number of fused-ring (bicyclic) bond motifs is 3. The average molecular weight is 790 g/mol. The van der Waals surface area contributed by atoms with E-state index in [0.717, 1.165) is 54.6 Å². The normalized spacial score (nSPS) is 12.8. The molecule has 0 spiro atoms. The van der Waals surface area contributed by atoms with E-state index in [1.807, 2.05) is 22.7 Å². The molecule has 300 valence electrons. The van der Waals surface area contributed by atoms with Crippen LogP contribution in [-0.4, -0.2) is 13.2 Å². The molecule has 0 aliphatic heterocycles. The highest BCUT2D eigenvalue weighted by atomic mass is 32.1. The van der Waals surface area contributed by atoms with Gasteiger partial charge in [0.2, 0.25) is 0 Å². The predicted octanol–water partition coefficient (Wildman–Crippen LogP) is 17.1. The van der Waals surface area contributed by atoms with Crippen molar-refractivity contribution in [3.63, 3.8) is 0 Å². The van der Waals surface area contributed by atoms with Crippen LogP contribution in [0.15, 0.2) is 90.3 Å². The molecule has 5 aromatic rings. The smallest absolute Gasteiger partial charge is 0.119 e. The maximum atomic E-state index is 6.13. The third-order valence-electron chi connectivity index (χ3n) is 11.7. The Morgan fingerprint density at radius 2 is 0.946 bits per heavy atom. The molecule has 3 aromatic carbocycles. The second-order valence-electron chi connectivity index (χ2n) is 15.9. The molecule has 0 fully saturated rings. The minimum absolute atomic E-state index is 0.161. The molecule has 0 N–H and O–H groups in total. The van der Waals surface area contributed by atoms with Gasteiger partial charge in [0.25, 0.3) is 0 Å². The van der Waals surface area contributed by atoms with Crippen LogP contribution in [0.2, 0.25) is 0 Å². The lowest BCUT2D eigenvalue weighted by Gasteiger charge is -2.31. The number of hydrogen-bond donors (Lipinski definition) is 0. The van der Waals surface area contributed by atoms with Crippen molar-refractivity contribution in [1.29, 1.82) is 0 Å². The van der Waals surface area contributed by atoms with Gasteiger partial charge in [-0.2, -0.15) is 0 Å². The van der Waals surface area contributed by atoms with Crippen LogP contribution in [-0.2, 0) is 5.41 Å². The van der Waals surface area contributed by atoms with Crippen molar-refractivity contribution in [2.75, 3.05) is 18.1 Å². The molecule has 3 nitrogen and oxygen atoms in total. The molecular formula is C51H67NO2S2. The van der Waals surface area contributed by atoms with Crippen molar-refractivity contribution in [2.24, 2.45) is 0 Å². The van der Waals surface area contributed by atoms with Gasteiger partial charge in [-0.25, -0.2) is 0 Å². The zero-order chi connectivity index (χ0) is 39.0. The molecule has 0 saturated heterocycles. The average Bonchev–Trinajstić information content (AvgIpc) is 3.95. The lowest BCUT2D eigenvalue weighted by molar-refractivity contribution is 0.305. The van der Waals surface area contributed by atoms with Gasteiger partial charge in [0.1, 0.15) is 11.5 Å². The Balaban J connectivity index is 1.26. The SMILES string of the molecule is CCCCCCOc1ccc(N(c2ccc(OCCCCCC)cc2)c2ccc(-c3cc4c(s3)-c3sccc3C4(CCCCCC)CCCCCC)cc2)cc1. The lowest BCUT2D eigenvalue weighted by atomic mass is 9.71. The Bertz CT molecular complexity index is 1780. The molecule has 56 heavy (non-hydrogen) atoms. The van der Waals surface area contributed by atoms with E-state index in [9.17, 15) is 0 Å². The summed E-state index contributed by atoms with van der Waals surface area (Å²) in [5, 5.41) is 2.35. The summed E-state index contributed by atoms with van der Waals surface area (Å²) in [6, 6.07) is 31.6. The van der Waals surface area contributed by atoms with Crippen LogP contribution >= 0.6 is 22.7 Å². The first kappa shape index (κ1) is 42.1. The zero-order valence-corrected chi connectivity index (χ0v) is 36.5. The second-order valence-corrected chi connectivity index (χ2v) is 17.9. The highest BCUT2D eigenvalue weighted by Crippen LogP contribution is 2.60. The first-order chi connectivity index (χ1) is 27.6. The summed E-state index contributed by atoms with van der Waals surface area (Å²) in [5.41, 5.74) is 8.06. The van der Waals surface area contributed by atoms with E-state index in [4.69, 9.17) is 9.47 Å². The minimum Gasteiger partial charge on any atom is -0.494 e. The van der Waals surface area contributed by atoms with Gasteiger partial charge in [-0.1, -0.05) is 130 Å². The number of unbranched alkanes of at least 4 members (excludes halogenated alkanes) is 12. The van der Waals surface area contributed by atoms with Crippen molar-refractivity contribution in [3.05, 3.63) is 101 Å². The Hall–Kier alpha value is -3.54. The van der Waals surface area contributed by atoms with Gasteiger partial charge in [-0.3, -0.25) is 0 Å². The van der Waals surface area contributed by atoms with E-state index < -0.39 is 0 Å². The molecule has 1 aliphatic carbocycles. The van der Waals surface area contributed by atoms with Gasteiger partial charge in [0, 0.05) is 37.1 Å². The zero-order valence-electron chi connectivity index (χ0n) is 34.9. The number of hydrogen-bond acceptors (Lipinski definition) is 5. The van der Waals surface area contributed by atoms with E-state index >= 15 is 0 Å². The fourth-order valence-corrected chi connectivity index (χ4v) is 10.9. The molecule has 5 heteroatoms. The van der Waals surface area contributed by atoms with Gasteiger partial charge in [0.05, 0.1) is 13.2 Å². The van der Waals surface area contributed by atoms with Gasteiger partial charge in [-0.15, -0.1) is 22.7 Å². The number of benzene rings is 3. The summed E-state index contributed by atoms with van der Waals surface area (Å²) in [6.07, 6.45) is 22.7. The van der Waals surface area contributed by atoms with Crippen LogP contribution in [0, 0.1) is 0 Å². The maximum absolute atomic E-state index is 6.13. The summed E-state index contributed by atoms with van der Waals surface area (Å²) in [7, 11) is 0. The number of ether oxygens (including phenoxy) is 2. The van der Waals surface area contributed by atoms with Crippen molar-refractivity contribution in [1.82, 2.24) is 0 Å². The number of thiophene rings is 2. The fourth-order valence-electron chi connectivity index (χ4n) is 8.48. The van der Waals surface area contributed by atoms with Gasteiger partial charge >= 0.3 is 0 Å². The van der Waals surface area contributed by atoms with E-state index in [1.54, 1.807) is 11.1 Å². The van der Waals surface area contributed by atoms with Crippen LogP contribution < -0.4 is 14.4 Å². The number of nitrogens with zero attached hydrogens (tertiary/aromatic N) is 1. The van der Waals surface area contributed by atoms with Gasteiger partial charge in [0.15, 0.2) is 0 Å². The number of rotatable bonds is 26. The molecule has 2 heterocycles. The van der Waals surface area contributed by atoms with Crippen molar-refractivity contribution in [2.45, 2.75) is 149 Å². The second kappa shape index (κ2) is 21.8. The Labute approximate surface area is 347 Å². The quantitative estimate of drug-likeness (QED) is 0.0521. The first-order valence-electron chi connectivity index (χ1n) is 22.2. The van der Waals surface area contributed by atoms with Crippen LogP contribution in [0.5, 0.6) is 11.5 Å². The van der Waals surface area contributed by atoms with Crippen molar-refractivity contribution in [3.8, 4) is 31.7 Å². The van der Waals surface area contributed by atoms with Crippen LogP contribution in [0.4, 0.5) is 17.1 Å².